The highest BCUT2D eigenvalue weighted by Gasteiger charge is 2.59. The van der Waals surface area contributed by atoms with Crippen LogP contribution < -0.4 is 16.4 Å². The van der Waals surface area contributed by atoms with Crippen molar-refractivity contribution in [2.45, 2.75) is 95.4 Å². The van der Waals surface area contributed by atoms with E-state index in [0.717, 1.165) is 57.2 Å². The molecule has 1 saturated heterocycles. The van der Waals surface area contributed by atoms with Gasteiger partial charge in [0.2, 0.25) is 11.8 Å². The first-order valence-electron chi connectivity index (χ1n) is 11.9. The monoisotopic (exact) mass is 444 g/mol. The summed E-state index contributed by atoms with van der Waals surface area (Å²) >= 11 is 0. The summed E-state index contributed by atoms with van der Waals surface area (Å²) in [6.07, 6.45) is 11.4. The van der Waals surface area contributed by atoms with E-state index in [1.165, 1.54) is 0 Å². The molecule has 0 radical (unpaired) electrons. The Morgan fingerprint density at radius 1 is 1.28 bits per heavy atom. The van der Waals surface area contributed by atoms with Crippen LogP contribution in [0.4, 0.5) is 0 Å². The number of hydrogen-bond donors (Lipinski definition) is 3. The Hall–Kier alpha value is -2.44. The maximum absolute atomic E-state index is 13.3. The molecule has 1 saturated carbocycles. The third kappa shape index (κ3) is 5.67. The number of amides is 2. The first kappa shape index (κ1) is 24.2. The van der Waals surface area contributed by atoms with E-state index < -0.39 is 11.4 Å². The average Bonchev–Trinajstić information content (AvgIpc) is 3.16. The summed E-state index contributed by atoms with van der Waals surface area (Å²) in [7, 11) is 0. The minimum atomic E-state index is -0.949. The van der Waals surface area contributed by atoms with Crippen LogP contribution in [0.2, 0.25) is 0 Å². The smallest absolute Gasteiger partial charge is 0.243 e. The number of nitrogens with one attached hydrogen (secondary N) is 2. The Balaban J connectivity index is 1.79. The quantitative estimate of drug-likeness (QED) is 0.457. The molecule has 0 aromatic rings. The van der Waals surface area contributed by atoms with Crippen LogP contribution in [-0.4, -0.2) is 46.5 Å². The molecule has 4 atom stereocenters. The van der Waals surface area contributed by atoms with Gasteiger partial charge in [-0.1, -0.05) is 31.6 Å². The van der Waals surface area contributed by atoms with Gasteiger partial charge in [-0.15, -0.1) is 0 Å². The third-order valence-corrected chi connectivity index (χ3v) is 6.62. The van der Waals surface area contributed by atoms with Crippen molar-refractivity contribution in [3.63, 3.8) is 0 Å². The van der Waals surface area contributed by atoms with E-state index in [1.807, 2.05) is 26.8 Å². The van der Waals surface area contributed by atoms with Crippen LogP contribution in [0, 0.1) is 5.92 Å². The van der Waals surface area contributed by atoms with Crippen molar-refractivity contribution >= 4 is 11.8 Å². The Morgan fingerprint density at radius 2 is 2.03 bits per heavy atom. The second-order valence-electron chi connectivity index (χ2n) is 10.4. The number of allylic oxidation sites excluding steroid dienone is 1. The van der Waals surface area contributed by atoms with Crippen LogP contribution in [0.3, 0.4) is 0 Å². The molecule has 2 heterocycles. The lowest BCUT2D eigenvalue weighted by Crippen LogP contribution is -2.54. The predicted octanol–water partition coefficient (Wildman–Crippen LogP) is 3.09. The number of hydrogen-bond acceptors (Lipinski definition) is 5. The van der Waals surface area contributed by atoms with Crippen molar-refractivity contribution in [2.75, 3.05) is 6.54 Å². The second kappa shape index (κ2) is 9.59. The lowest BCUT2D eigenvalue weighted by molar-refractivity contribution is -0.131. The molecule has 2 fully saturated rings. The number of fused-ring (bicyclic) bond motifs is 2. The molecule has 3 rings (SSSR count). The van der Waals surface area contributed by atoms with Crippen LogP contribution in [0.25, 0.3) is 0 Å². The maximum atomic E-state index is 13.3. The number of rotatable bonds is 4. The van der Waals surface area contributed by atoms with Gasteiger partial charge in [-0.05, 0) is 65.9 Å². The van der Waals surface area contributed by atoms with Gasteiger partial charge in [-0.3, -0.25) is 9.59 Å². The summed E-state index contributed by atoms with van der Waals surface area (Å²) in [6, 6.07) is -0.423. The van der Waals surface area contributed by atoms with Gasteiger partial charge in [0.15, 0.2) is 5.88 Å². The number of nitrogens with two attached hydrogens (primary N) is 1. The van der Waals surface area contributed by atoms with E-state index in [2.05, 4.69) is 34.8 Å². The van der Waals surface area contributed by atoms with Gasteiger partial charge in [-0.2, -0.15) is 0 Å². The molecule has 4 N–H and O–H groups in total. The summed E-state index contributed by atoms with van der Waals surface area (Å²) < 4.78 is 5.90. The number of carbonyl (C=O) groups excluding carboxylic acids is 2. The van der Waals surface area contributed by atoms with Gasteiger partial charge in [0.05, 0.1) is 6.04 Å². The molecule has 0 unspecified atom stereocenters. The number of primary amides is 1. The summed E-state index contributed by atoms with van der Waals surface area (Å²) in [5.41, 5.74) is 5.28. The van der Waals surface area contributed by atoms with Crippen molar-refractivity contribution in [3.05, 3.63) is 36.9 Å². The Morgan fingerprint density at radius 3 is 2.72 bits per heavy atom. The van der Waals surface area contributed by atoms with E-state index in [4.69, 9.17) is 10.5 Å². The minimum Gasteiger partial charge on any atom is -0.474 e. The summed E-state index contributed by atoms with van der Waals surface area (Å²) in [6.45, 7) is 15.1. The molecule has 2 amide bonds. The molecule has 0 bridgehead atoms. The van der Waals surface area contributed by atoms with Gasteiger partial charge in [-0.25, -0.2) is 0 Å². The third-order valence-electron chi connectivity index (χ3n) is 6.62. The summed E-state index contributed by atoms with van der Waals surface area (Å²) in [5, 5.41) is 6.41. The molecule has 32 heavy (non-hydrogen) atoms. The average molecular weight is 445 g/mol. The first-order valence-corrected chi connectivity index (χ1v) is 11.9. The molecule has 178 valence electrons. The van der Waals surface area contributed by atoms with Gasteiger partial charge in [0.1, 0.15) is 17.2 Å². The highest BCUT2D eigenvalue weighted by atomic mass is 16.5. The first-order chi connectivity index (χ1) is 15.0. The number of nitrogens with zero attached hydrogens (tertiary/aromatic N) is 1. The van der Waals surface area contributed by atoms with Crippen molar-refractivity contribution in [2.24, 2.45) is 11.7 Å². The summed E-state index contributed by atoms with van der Waals surface area (Å²) in [5.74, 6) is -0.0993. The Labute approximate surface area is 192 Å². The van der Waals surface area contributed by atoms with Crippen molar-refractivity contribution in [1.82, 2.24) is 15.5 Å². The molecule has 0 aromatic carbocycles. The highest BCUT2D eigenvalue weighted by molar-refractivity contribution is 5.95. The van der Waals surface area contributed by atoms with Gasteiger partial charge in [0.25, 0.3) is 0 Å². The highest BCUT2D eigenvalue weighted by Crippen LogP contribution is 2.45. The van der Waals surface area contributed by atoms with Gasteiger partial charge < -0.3 is 26.0 Å². The van der Waals surface area contributed by atoms with Gasteiger partial charge >= 0.3 is 0 Å². The van der Waals surface area contributed by atoms with Crippen molar-refractivity contribution < 1.29 is 14.3 Å². The SMILES string of the molecule is C=C(N[C@H]1CCCCC/C=C\[C@@H]2C[C@@]2(C(N)=O)NC(=O)[C@@H]2CCCN2C1=C)OC(C)(C)C. The van der Waals surface area contributed by atoms with Crippen LogP contribution >= 0.6 is 0 Å². The molecule has 3 aliphatic rings. The lowest BCUT2D eigenvalue weighted by atomic mass is 10.0. The maximum Gasteiger partial charge on any atom is 0.243 e. The fourth-order valence-corrected chi connectivity index (χ4v) is 4.86. The van der Waals surface area contributed by atoms with Gasteiger partial charge in [0, 0.05) is 18.2 Å². The number of carbonyl (C=O) groups is 2. The second-order valence-corrected chi connectivity index (χ2v) is 10.4. The molecular formula is C25H40N4O3. The summed E-state index contributed by atoms with van der Waals surface area (Å²) in [4.78, 5) is 27.5. The van der Waals surface area contributed by atoms with Crippen LogP contribution in [0.1, 0.15) is 72.1 Å². The minimum absolute atomic E-state index is 0.0144. The van der Waals surface area contributed by atoms with Crippen LogP contribution in [0.5, 0.6) is 0 Å². The molecular weight excluding hydrogens is 404 g/mol. The van der Waals surface area contributed by atoms with E-state index in [1.54, 1.807) is 0 Å². The standard InChI is InChI=1S/C25H40N4O3/c1-17-20(27-18(2)32-24(3,4)5)13-10-8-6-7-9-12-19-16-25(19,23(26)31)28-22(30)21-14-11-15-29(17)21/h9,12,19-21,27H,1-2,6-8,10-11,13-16H2,3-5H3,(H2,26,31)(H,28,30)/b12-9-/t19-,20+,21+,25-/m1/s1. The molecule has 1 aliphatic carbocycles. The van der Waals surface area contributed by atoms with E-state index in [-0.39, 0.29) is 29.5 Å². The Bertz CT molecular complexity index is 785. The zero-order chi connectivity index (χ0) is 23.5. The van der Waals surface area contributed by atoms with Crippen LogP contribution in [-0.2, 0) is 14.3 Å². The fourth-order valence-electron chi connectivity index (χ4n) is 4.86. The number of ether oxygens (including phenoxy) is 1. The molecule has 0 spiro atoms. The fraction of sp³-hybridized carbons (Fsp3) is 0.680. The molecule has 0 aromatic heterocycles. The Kier molecular flexibility index (Phi) is 7.25. The largest absolute Gasteiger partial charge is 0.474 e. The van der Waals surface area contributed by atoms with E-state index >= 15 is 0 Å². The van der Waals surface area contributed by atoms with Crippen LogP contribution in [0.15, 0.2) is 36.9 Å². The molecule has 7 nitrogen and oxygen atoms in total. The lowest BCUT2D eigenvalue weighted by Gasteiger charge is -2.35. The molecule has 7 heteroatoms. The van der Waals surface area contributed by atoms with E-state index in [9.17, 15) is 9.59 Å². The molecule has 2 aliphatic heterocycles. The zero-order valence-corrected chi connectivity index (χ0v) is 19.9. The van der Waals surface area contributed by atoms with E-state index in [0.29, 0.717) is 12.3 Å². The van der Waals surface area contributed by atoms with Crippen molar-refractivity contribution in [3.8, 4) is 0 Å². The topological polar surface area (TPSA) is 96.7 Å². The zero-order valence-electron chi connectivity index (χ0n) is 19.9. The van der Waals surface area contributed by atoms with Crippen molar-refractivity contribution in [1.29, 1.82) is 0 Å². The normalized spacial score (nSPS) is 32.5. The predicted molar refractivity (Wildman–Crippen MR) is 126 cm³/mol.